The number of methoxy groups -OCH3 is 1. The molecule has 4 nitrogen and oxygen atoms in total. The molecule has 0 atom stereocenters. The topological polar surface area (TPSA) is 56.5 Å². The smallest absolute Gasteiger partial charge is 0.337 e. The number of ether oxygens (including phenoxy) is 1. The predicted molar refractivity (Wildman–Crippen MR) is 80.7 cm³/mol. The fourth-order valence-corrected chi connectivity index (χ4v) is 2.36. The maximum Gasteiger partial charge on any atom is 0.337 e. The van der Waals surface area contributed by atoms with Crippen LogP contribution in [0.15, 0.2) is 45.6 Å². The number of aryl methyl sites for hydroxylation is 1. The van der Waals surface area contributed by atoms with Gasteiger partial charge in [-0.25, -0.2) is 4.79 Å². The first-order chi connectivity index (χ1) is 10.1. The van der Waals surface area contributed by atoms with E-state index in [0.717, 1.165) is 12.0 Å². The number of hydrogen-bond acceptors (Lipinski definition) is 4. The third-order valence-electron chi connectivity index (χ3n) is 3.56. The van der Waals surface area contributed by atoms with Crippen molar-refractivity contribution in [3.8, 4) is 0 Å². The van der Waals surface area contributed by atoms with Gasteiger partial charge in [-0.3, -0.25) is 4.79 Å². The van der Waals surface area contributed by atoms with Gasteiger partial charge >= 0.3 is 5.97 Å². The maximum absolute atomic E-state index is 12.5. The molecule has 0 unspecified atom stereocenters. The fraction of sp³-hybridized carbons (Fsp3) is 0.176. The summed E-state index contributed by atoms with van der Waals surface area (Å²) in [6.45, 7) is 2.04. The maximum atomic E-state index is 12.5. The lowest BCUT2D eigenvalue weighted by molar-refractivity contribution is 0.0601. The Kier molecular flexibility index (Phi) is 3.22. The second-order valence-electron chi connectivity index (χ2n) is 4.82. The molecule has 4 heteroatoms. The Labute approximate surface area is 120 Å². The zero-order chi connectivity index (χ0) is 15.0. The van der Waals surface area contributed by atoms with Crippen molar-refractivity contribution in [1.29, 1.82) is 0 Å². The Hall–Kier alpha value is -2.62. The molecule has 0 aliphatic rings. The SMILES string of the molecule is CCc1ccc2c(=O)c3cc(C(=O)OC)ccc3oc2c1. The van der Waals surface area contributed by atoms with Crippen molar-refractivity contribution < 1.29 is 13.9 Å². The Balaban J connectivity index is 2.34. The van der Waals surface area contributed by atoms with Crippen molar-refractivity contribution in [1.82, 2.24) is 0 Å². The van der Waals surface area contributed by atoms with Crippen molar-refractivity contribution >= 4 is 27.9 Å². The second kappa shape index (κ2) is 5.05. The molecule has 0 saturated heterocycles. The molecule has 1 aromatic heterocycles. The van der Waals surface area contributed by atoms with Crippen LogP contribution >= 0.6 is 0 Å². The van der Waals surface area contributed by atoms with Gasteiger partial charge in [-0.05, 0) is 42.3 Å². The lowest BCUT2D eigenvalue weighted by Crippen LogP contribution is -2.06. The van der Waals surface area contributed by atoms with E-state index >= 15 is 0 Å². The Morgan fingerprint density at radius 1 is 1.10 bits per heavy atom. The molecule has 0 fully saturated rings. The number of carbonyl (C=O) groups is 1. The first-order valence-corrected chi connectivity index (χ1v) is 6.72. The van der Waals surface area contributed by atoms with Crippen molar-refractivity contribution in [2.24, 2.45) is 0 Å². The summed E-state index contributed by atoms with van der Waals surface area (Å²) in [5.74, 6) is -0.474. The van der Waals surface area contributed by atoms with Crippen LogP contribution in [-0.4, -0.2) is 13.1 Å². The van der Waals surface area contributed by atoms with E-state index in [-0.39, 0.29) is 5.43 Å². The van der Waals surface area contributed by atoms with Crippen molar-refractivity contribution in [3.05, 3.63) is 57.7 Å². The van der Waals surface area contributed by atoms with Gasteiger partial charge in [0.1, 0.15) is 11.2 Å². The molecule has 0 aliphatic heterocycles. The molecule has 21 heavy (non-hydrogen) atoms. The van der Waals surface area contributed by atoms with Crippen LogP contribution in [0.25, 0.3) is 21.9 Å². The minimum atomic E-state index is -0.474. The van der Waals surface area contributed by atoms with Gasteiger partial charge in [0.25, 0.3) is 0 Å². The van der Waals surface area contributed by atoms with Gasteiger partial charge in [-0.1, -0.05) is 13.0 Å². The third kappa shape index (κ3) is 2.18. The van der Waals surface area contributed by atoms with Crippen LogP contribution in [0.4, 0.5) is 0 Å². The highest BCUT2D eigenvalue weighted by Crippen LogP contribution is 2.21. The van der Waals surface area contributed by atoms with Crippen molar-refractivity contribution in [3.63, 3.8) is 0 Å². The number of rotatable bonds is 2. The molecule has 0 radical (unpaired) electrons. The highest BCUT2D eigenvalue weighted by atomic mass is 16.5. The minimum absolute atomic E-state index is 0.139. The summed E-state index contributed by atoms with van der Waals surface area (Å²) >= 11 is 0. The molecule has 3 aromatic rings. The summed E-state index contributed by atoms with van der Waals surface area (Å²) in [7, 11) is 1.31. The van der Waals surface area contributed by atoms with Gasteiger partial charge < -0.3 is 9.15 Å². The van der Waals surface area contributed by atoms with Crippen molar-refractivity contribution in [2.75, 3.05) is 7.11 Å². The second-order valence-corrected chi connectivity index (χ2v) is 4.82. The van der Waals surface area contributed by atoms with Gasteiger partial charge in [0, 0.05) is 0 Å². The molecule has 1 heterocycles. The lowest BCUT2D eigenvalue weighted by Gasteiger charge is -2.05. The molecule has 0 aliphatic carbocycles. The Bertz CT molecular complexity index is 906. The standard InChI is InChI=1S/C17H14O4/c1-3-10-4-6-12-15(8-10)21-14-7-5-11(17(19)20-2)9-13(14)16(12)18/h4-9H,3H2,1-2H3. The van der Waals surface area contributed by atoms with Crippen LogP contribution in [0.5, 0.6) is 0 Å². The molecule has 2 aromatic carbocycles. The van der Waals surface area contributed by atoms with Crippen LogP contribution in [-0.2, 0) is 11.2 Å². The van der Waals surface area contributed by atoms with Gasteiger partial charge in [0.15, 0.2) is 0 Å². The van der Waals surface area contributed by atoms with Crippen LogP contribution in [0.2, 0.25) is 0 Å². The van der Waals surface area contributed by atoms with Gasteiger partial charge in [0.05, 0.1) is 23.4 Å². The highest BCUT2D eigenvalue weighted by molar-refractivity contribution is 5.96. The number of esters is 1. The van der Waals surface area contributed by atoms with E-state index in [4.69, 9.17) is 4.42 Å². The van der Waals surface area contributed by atoms with Gasteiger partial charge in [-0.2, -0.15) is 0 Å². The van der Waals surface area contributed by atoms with Gasteiger partial charge in [-0.15, -0.1) is 0 Å². The minimum Gasteiger partial charge on any atom is -0.465 e. The third-order valence-corrected chi connectivity index (χ3v) is 3.56. The molecule has 0 spiro atoms. The summed E-state index contributed by atoms with van der Waals surface area (Å²) < 4.78 is 10.5. The fourth-order valence-electron chi connectivity index (χ4n) is 2.36. The van der Waals surface area contributed by atoms with Crippen LogP contribution in [0.3, 0.4) is 0 Å². The van der Waals surface area contributed by atoms with E-state index in [0.29, 0.717) is 27.5 Å². The molecule has 0 bridgehead atoms. The summed E-state index contributed by atoms with van der Waals surface area (Å²) in [4.78, 5) is 24.1. The molecule has 0 N–H and O–H groups in total. The number of hydrogen-bond donors (Lipinski definition) is 0. The normalized spacial score (nSPS) is 11.0. The first kappa shape index (κ1) is 13.4. The predicted octanol–water partition coefficient (Wildman–Crippen LogP) is 3.30. The first-order valence-electron chi connectivity index (χ1n) is 6.72. The molecule has 0 amide bonds. The summed E-state index contributed by atoms with van der Waals surface area (Å²) in [5.41, 5.74) is 2.34. The average Bonchev–Trinajstić information content (AvgIpc) is 2.53. The van der Waals surface area contributed by atoms with Gasteiger partial charge in [0.2, 0.25) is 5.43 Å². The zero-order valence-corrected chi connectivity index (χ0v) is 11.8. The van der Waals surface area contributed by atoms with Crippen LogP contribution < -0.4 is 5.43 Å². The van der Waals surface area contributed by atoms with E-state index in [1.165, 1.54) is 13.2 Å². The summed E-state index contributed by atoms with van der Waals surface area (Å²) in [5, 5.41) is 0.899. The summed E-state index contributed by atoms with van der Waals surface area (Å²) in [6.07, 6.45) is 0.874. The molecule has 106 valence electrons. The van der Waals surface area contributed by atoms with E-state index in [1.54, 1.807) is 18.2 Å². The largest absolute Gasteiger partial charge is 0.465 e. The van der Waals surface area contributed by atoms with Crippen LogP contribution in [0.1, 0.15) is 22.8 Å². The quantitative estimate of drug-likeness (QED) is 0.534. The molecule has 3 rings (SSSR count). The van der Waals surface area contributed by atoms with Crippen molar-refractivity contribution in [2.45, 2.75) is 13.3 Å². The van der Waals surface area contributed by atoms with E-state index in [2.05, 4.69) is 4.74 Å². The molecular weight excluding hydrogens is 268 g/mol. The zero-order valence-electron chi connectivity index (χ0n) is 11.8. The highest BCUT2D eigenvalue weighted by Gasteiger charge is 2.12. The van der Waals surface area contributed by atoms with Crippen LogP contribution in [0, 0.1) is 0 Å². The average molecular weight is 282 g/mol. The number of benzene rings is 2. The number of carbonyl (C=O) groups excluding carboxylic acids is 1. The monoisotopic (exact) mass is 282 g/mol. The van der Waals surface area contributed by atoms with E-state index < -0.39 is 5.97 Å². The number of fused-ring (bicyclic) bond motifs is 2. The Morgan fingerprint density at radius 3 is 2.62 bits per heavy atom. The molecular formula is C17H14O4. The van der Waals surface area contributed by atoms with E-state index in [1.807, 2.05) is 19.1 Å². The molecule has 0 saturated carbocycles. The lowest BCUT2D eigenvalue weighted by atomic mass is 10.1. The Morgan fingerprint density at radius 2 is 1.90 bits per heavy atom. The summed E-state index contributed by atoms with van der Waals surface area (Å²) in [6, 6.07) is 10.3. The van der Waals surface area contributed by atoms with E-state index in [9.17, 15) is 9.59 Å².